The molecule has 2 aromatic heterocycles. The van der Waals surface area contributed by atoms with E-state index in [1.807, 2.05) is 12.3 Å². The molecule has 3 N–H and O–H groups in total. The summed E-state index contributed by atoms with van der Waals surface area (Å²) in [5.41, 5.74) is 2.52. The monoisotopic (exact) mass is 321 g/mol. The molecule has 24 heavy (non-hydrogen) atoms. The Labute approximate surface area is 141 Å². The lowest BCUT2D eigenvalue weighted by molar-refractivity contribution is 0.744. The van der Waals surface area contributed by atoms with Crippen molar-refractivity contribution < 1.29 is 0 Å². The highest BCUT2D eigenvalue weighted by atomic mass is 15.1. The summed E-state index contributed by atoms with van der Waals surface area (Å²) in [5, 5.41) is 8.15. The van der Waals surface area contributed by atoms with Gasteiger partial charge in [-0.15, -0.1) is 0 Å². The van der Waals surface area contributed by atoms with Crippen LogP contribution < -0.4 is 10.6 Å². The van der Waals surface area contributed by atoms with Crippen molar-refractivity contribution in [1.82, 2.24) is 15.0 Å². The summed E-state index contributed by atoms with van der Waals surface area (Å²) in [6.07, 6.45) is 9.93. The molecule has 3 aromatic rings. The standard InChI is InChI=1S/C19H23N5/c1-2-6-15(5-1)23-19-21-12-10-18(24-19)20-11-9-14-13-22-17-8-4-3-7-16(14)17/h3-4,7-8,10,12-13,15,22H,1-2,5-6,9,11H2,(H2,20,21,23,24). The van der Waals surface area contributed by atoms with Crippen molar-refractivity contribution in [3.05, 3.63) is 48.3 Å². The van der Waals surface area contributed by atoms with Crippen molar-refractivity contribution in [3.63, 3.8) is 0 Å². The van der Waals surface area contributed by atoms with Crippen molar-refractivity contribution in [1.29, 1.82) is 0 Å². The lowest BCUT2D eigenvalue weighted by Crippen LogP contribution is -2.17. The number of nitrogens with zero attached hydrogens (tertiary/aromatic N) is 2. The van der Waals surface area contributed by atoms with Gasteiger partial charge in [-0.1, -0.05) is 31.0 Å². The van der Waals surface area contributed by atoms with Gasteiger partial charge >= 0.3 is 0 Å². The van der Waals surface area contributed by atoms with Crippen LogP contribution in [0.1, 0.15) is 31.2 Å². The van der Waals surface area contributed by atoms with Crippen LogP contribution in [0.2, 0.25) is 0 Å². The number of aromatic amines is 1. The second-order valence-electron chi connectivity index (χ2n) is 6.43. The van der Waals surface area contributed by atoms with Crippen LogP contribution in [0.15, 0.2) is 42.7 Å². The van der Waals surface area contributed by atoms with Gasteiger partial charge < -0.3 is 15.6 Å². The van der Waals surface area contributed by atoms with Gasteiger partial charge in [-0.3, -0.25) is 0 Å². The Morgan fingerprint density at radius 3 is 2.92 bits per heavy atom. The van der Waals surface area contributed by atoms with Crippen LogP contribution in [0.4, 0.5) is 11.8 Å². The van der Waals surface area contributed by atoms with Gasteiger partial charge in [0.25, 0.3) is 0 Å². The Bertz CT molecular complexity index is 804. The molecule has 1 fully saturated rings. The summed E-state index contributed by atoms with van der Waals surface area (Å²) in [4.78, 5) is 12.2. The van der Waals surface area contributed by atoms with Crippen LogP contribution in [0.5, 0.6) is 0 Å². The van der Waals surface area contributed by atoms with Crippen molar-refractivity contribution in [2.24, 2.45) is 0 Å². The van der Waals surface area contributed by atoms with Crippen LogP contribution in [-0.2, 0) is 6.42 Å². The summed E-state index contributed by atoms with van der Waals surface area (Å²) in [6, 6.07) is 10.9. The van der Waals surface area contributed by atoms with Gasteiger partial charge in [-0.05, 0) is 37.0 Å². The zero-order chi connectivity index (χ0) is 16.2. The number of benzene rings is 1. The fraction of sp³-hybridized carbons (Fsp3) is 0.368. The van der Waals surface area contributed by atoms with Gasteiger partial charge in [-0.2, -0.15) is 4.98 Å². The number of aromatic nitrogens is 3. The minimum absolute atomic E-state index is 0.534. The summed E-state index contributed by atoms with van der Waals surface area (Å²) in [5.74, 6) is 1.62. The molecule has 5 heteroatoms. The van der Waals surface area contributed by atoms with Crippen LogP contribution >= 0.6 is 0 Å². The summed E-state index contributed by atoms with van der Waals surface area (Å²) in [6.45, 7) is 0.849. The molecule has 124 valence electrons. The molecule has 0 spiro atoms. The number of fused-ring (bicyclic) bond motifs is 1. The quantitative estimate of drug-likeness (QED) is 0.643. The van der Waals surface area contributed by atoms with Crippen LogP contribution in [-0.4, -0.2) is 27.5 Å². The van der Waals surface area contributed by atoms with E-state index in [1.165, 1.54) is 42.1 Å². The highest BCUT2D eigenvalue weighted by Gasteiger charge is 2.15. The number of rotatable bonds is 6. The number of hydrogen-bond acceptors (Lipinski definition) is 4. The molecule has 1 aliphatic carbocycles. The Morgan fingerprint density at radius 2 is 2.00 bits per heavy atom. The summed E-state index contributed by atoms with van der Waals surface area (Å²) >= 11 is 0. The lowest BCUT2D eigenvalue weighted by Gasteiger charge is -2.12. The van der Waals surface area contributed by atoms with Gasteiger partial charge in [-0.25, -0.2) is 4.98 Å². The molecule has 0 atom stereocenters. The Balaban J connectivity index is 1.35. The highest BCUT2D eigenvalue weighted by molar-refractivity contribution is 5.83. The van der Waals surface area contributed by atoms with E-state index in [0.29, 0.717) is 6.04 Å². The summed E-state index contributed by atoms with van der Waals surface area (Å²) < 4.78 is 0. The Kier molecular flexibility index (Phi) is 4.32. The van der Waals surface area contributed by atoms with Gasteiger partial charge in [0.15, 0.2) is 0 Å². The predicted octanol–water partition coefficient (Wildman–Crippen LogP) is 3.97. The largest absolute Gasteiger partial charge is 0.370 e. The molecule has 0 aliphatic heterocycles. The van der Waals surface area contributed by atoms with Crippen LogP contribution in [0.3, 0.4) is 0 Å². The molecule has 0 bridgehead atoms. The number of para-hydroxylation sites is 1. The van der Waals surface area contributed by atoms with E-state index in [2.05, 4.69) is 56.0 Å². The first-order valence-electron chi connectivity index (χ1n) is 8.77. The number of anilines is 2. The maximum Gasteiger partial charge on any atom is 0.224 e. The van der Waals surface area contributed by atoms with Gasteiger partial charge in [0.1, 0.15) is 5.82 Å². The molecule has 0 unspecified atom stereocenters. The minimum atomic E-state index is 0.534. The zero-order valence-electron chi connectivity index (χ0n) is 13.8. The Hall–Kier alpha value is -2.56. The van der Waals surface area contributed by atoms with E-state index in [0.717, 1.165) is 24.7 Å². The molecule has 0 amide bonds. The first-order chi connectivity index (χ1) is 11.9. The van der Waals surface area contributed by atoms with Crippen LogP contribution in [0, 0.1) is 0 Å². The summed E-state index contributed by atoms with van der Waals surface area (Å²) in [7, 11) is 0. The van der Waals surface area contributed by atoms with Crippen LogP contribution in [0.25, 0.3) is 10.9 Å². The predicted molar refractivity (Wildman–Crippen MR) is 98.4 cm³/mol. The van der Waals surface area contributed by atoms with E-state index in [1.54, 1.807) is 0 Å². The fourth-order valence-corrected chi connectivity index (χ4v) is 3.44. The second kappa shape index (κ2) is 6.91. The van der Waals surface area contributed by atoms with Crippen molar-refractivity contribution >= 4 is 22.7 Å². The SMILES string of the molecule is c1ccc2c(CCNc3ccnc(NC4CCCC4)n3)c[nH]c2c1. The van der Waals surface area contributed by atoms with Gasteiger partial charge in [0.05, 0.1) is 0 Å². The molecule has 1 saturated carbocycles. The maximum absolute atomic E-state index is 4.58. The third-order valence-corrected chi connectivity index (χ3v) is 4.72. The van der Waals surface area contributed by atoms with Crippen molar-refractivity contribution in [2.45, 2.75) is 38.1 Å². The van der Waals surface area contributed by atoms with Crippen molar-refractivity contribution in [2.75, 3.05) is 17.2 Å². The molecule has 1 aliphatic rings. The molecular weight excluding hydrogens is 298 g/mol. The normalized spacial score (nSPS) is 15.0. The van der Waals surface area contributed by atoms with E-state index >= 15 is 0 Å². The number of hydrogen-bond donors (Lipinski definition) is 3. The molecular formula is C19H23N5. The van der Waals surface area contributed by atoms with Gasteiger partial charge in [0, 0.05) is 35.9 Å². The third-order valence-electron chi connectivity index (χ3n) is 4.72. The third kappa shape index (κ3) is 3.35. The highest BCUT2D eigenvalue weighted by Crippen LogP contribution is 2.21. The van der Waals surface area contributed by atoms with Gasteiger partial charge in [0.2, 0.25) is 5.95 Å². The smallest absolute Gasteiger partial charge is 0.224 e. The first kappa shape index (κ1) is 15.0. The second-order valence-corrected chi connectivity index (χ2v) is 6.43. The molecule has 1 aromatic carbocycles. The van der Waals surface area contributed by atoms with E-state index in [-0.39, 0.29) is 0 Å². The molecule has 0 saturated heterocycles. The fourth-order valence-electron chi connectivity index (χ4n) is 3.44. The number of nitrogens with one attached hydrogen (secondary N) is 3. The molecule has 0 radical (unpaired) electrons. The first-order valence-corrected chi connectivity index (χ1v) is 8.77. The molecule has 2 heterocycles. The lowest BCUT2D eigenvalue weighted by atomic mass is 10.1. The van der Waals surface area contributed by atoms with E-state index in [9.17, 15) is 0 Å². The Morgan fingerprint density at radius 1 is 1.12 bits per heavy atom. The maximum atomic E-state index is 4.58. The van der Waals surface area contributed by atoms with Crippen molar-refractivity contribution in [3.8, 4) is 0 Å². The van der Waals surface area contributed by atoms with E-state index < -0.39 is 0 Å². The van der Waals surface area contributed by atoms with E-state index in [4.69, 9.17) is 0 Å². The average molecular weight is 321 g/mol. The average Bonchev–Trinajstić information content (AvgIpc) is 3.26. The topological polar surface area (TPSA) is 65.6 Å². The minimum Gasteiger partial charge on any atom is -0.370 e. The molecule has 4 rings (SSSR count). The molecule has 5 nitrogen and oxygen atoms in total. The number of H-pyrrole nitrogens is 1. The zero-order valence-corrected chi connectivity index (χ0v) is 13.8.